The molecule has 0 aliphatic carbocycles. The standard InChI is InChI=1S/C19H29N5O2/c25-18(16-3-1-8-24(15-16)17-4-13-26-14-5-17)22-9-11-23(12-10-22)19-20-6-2-7-21-19/h2,6-7,16-17H,1,3-5,8-15H2/t16-/m0/s1. The number of piperidine rings is 1. The van der Waals surface area contributed by atoms with Gasteiger partial charge in [-0.1, -0.05) is 0 Å². The molecule has 1 aromatic rings. The topological polar surface area (TPSA) is 61.8 Å². The molecular weight excluding hydrogens is 330 g/mol. The van der Waals surface area contributed by atoms with Gasteiger partial charge in [-0.25, -0.2) is 9.97 Å². The fourth-order valence-corrected chi connectivity index (χ4v) is 4.43. The highest BCUT2D eigenvalue weighted by molar-refractivity contribution is 5.79. The van der Waals surface area contributed by atoms with E-state index in [0.717, 1.165) is 84.1 Å². The summed E-state index contributed by atoms with van der Waals surface area (Å²) in [6.07, 6.45) is 7.92. The molecule has 3 saturated heterocycles. The summed E-state index contributed by atoms with van der Waals surface area (Å²) in [5.74, 6) is 1.27. The number of carbonyl (C=O) groups excluding carboxylic acids is 1. The highest BCUT2D eigenvalue weighted by Gasteiger charge is 2.34. The van der Waals surface area contributed by atoms with E-state index in [1.165, 1.54) is 0 Å². The molecule has 7 nitrogen and oxygen atoms in total. The Kier molecular flexibility index (Phi) is 5.65. The monoisotopic (exact) mass is 359 g/mol. The van der Waals surface area contributed by atoms with E-state index >= 15 is 0 Å². The summed E-state index contributed by atoms with van der Waals surface area (Å²) in [5, 5.41) is 0. The van der Waals surface area contributed by atoms with Crippen LogP contribution in [0.15, 0.2) is 18.5 Å². The van der Waals surface area contributed by atoms with Crippen LogP contribution in [0.2, 0.25) is 0 Å². The van der Waals surface area contributed by atoms with Crippen LogP contribution in [0.4, 0.5) is 5.95 Å². The Morgan fingerprint density at radius 1 is 1.00 bits per heavy atom. The zero-order chi connectivity index (χ0) is 17.8. The summed E-state index contributed by atoms with van der Waals surface area (Å²) < 4.78 is 5.49. The maximum atomic E-state index is 13.0. The first-order valence-corrected chi connectivity index (χ1v) is 9.94. The number of likely N-dealkylation sites (tertiary alicyclic amines) is 1. The lowest BCUT2D eigenvalue weighted by Crippen LogP contribution is -2.54. The van der Waals surface area contributed by atoms with Gasteiger partial charge in [-0.05, 0) is 38.3 Å². The van der Waals surface area contributed by atoms with Crippen molar-refractivity contribution in [3.8, 4) is 0 Å². The third-order valence-corrected chi connectivity index (χ3v) is 5.94. The molecule has 0 N–H and O–H groups in total. The van der Waals surface area contributed by atoms with E-state index in [9.17, 15) is 4.79 Å². The van der Waals surface area contributed by atoms with Gasteiger partial charge in [-0.3, -0.25) is 9.69 Å². The van der Waals surface area contributed by atoms with Gasteiger partial charge in [0.1, 0.15) is 0 Å². The van der Waals surface area contributed by atoms with Crippen molar-refractivity contribution in [2.24, 2.45) is 5.92 Å². The molecule has 0 aromatic carbocycles. The molecule has 4 heterocycles. The van der Waals surface area contributed by atoms with Crippen molar-refractivity contribution in [3.05, 3.63) is 18.5 Å². The van der Waals surface area contributed by atoms with Crippen molar-refractivity contribution in [1.29, 1.82) is 0 Å². The van der Waals surface area contributed by atoms with E-state index in [1.807, 2.05) is 6.07 Å². The maximum absolute atomic E-state index is 13.0. The van der Waals surface area contributed by atoms with E-state index in [2.05, 4.69) is 24.7 Å². The van der Waals surface area contributed by atoms with Crippen LogP contribution in [-0.2, 0) is 9.53 Å². The summed E-state index contributed by atoms with van der Waals surface area (Å²) in [6.45, 7) is 6.94. The Hall–Kier alpha value is -1.73. The maximum Gasteiger partial charge on any atom is 0.227 e. The lowest BCUT2D eigenvalue weighted by Gasteiger charge is -2.42. The summed E-state index contributed by atoms with van der Waals surface area (Å²) in [5.41, 5.74) is 0. The predicted molar refractivity (Wildman–Crippen MR) is 99.0 cm³/mol. The van der Waals surface area contributed by atoms with Crippen molar-refractivity contribution in [3.63, 3.8) is 0 Å². The Morgan fingerprint density at radius 3 is 2.46 bits per heavy atom. The number of aromatic nitrogens is 2. The average molecular weight is 359 g/mol. The molecule has 0 radical (unpaired) electrons. The van der Waals surface area contributed by atoms with E-state index in [0.29, 0.717) is 11.9 Å². The number of amides is 1. The highest BCUT2D eigenvalue weighted by Crippen LogP contribution is 2.25. The van der Waals surface area contributed by atoms with Crippen LogP contribution < -0.4 is 4.90 Å². The minimum Gasteiger partial charge on any atom is -0.381 e. The Bertz CT molecular complexity index is 585. The third-order valence-electron chi connectivity index (χ3n) is 5.94. The van der Waals surface area contributed by atoms with E-state index in [1.54, 1.807) is 12.4 Å². The Labute approximate surface area is 155 Å². The lowest BCUT2D eigenvalue weighted by atomic mass is 9.93. The van der Waals surface area contributed by atoms with E-state index in [4.69, 9.17) is 4.74 Å². The third kappa shape index (κ3) is 3.99. The first-order chi connectivity index (χ1) is 12.8. The van der Waals surface area contributed by atoms with Gasteiger partial charge in [0.05, 0.1) is 5.92 Å². The van der Waals surface area contributed by atoms with Gasteiger partial charge < -0.3 is 14.5 Å². The number of nitrogens with zero attached hydrogens (tertiary/aromatic N) is 5. The summed E-state index contributed by atoms with van der Waals surface area (Å²) in [7, 11) is 0. The molecule has 0 bridgehead atoms. The molecule has 1 aromatic heterocycles. The van der Waals surface area contributed by atoms with Crippen LogP contribution in [0.5, 0.6) is 0 Å². The van der Waals surface area contributed by atoms with E-state index in [-0.39, 0.29) is 5.92 Å². The number of anilines is 1. The smallest absolute Gasteiger partial charge is 0.227 e. The number of carbonyl (C=O) groups is 1. The molecule has 4 rings (SSSR count). The number of rotatable bonds is 3. The van der Waals surface area contributed by atoms with E-state index < -0.39 is 0 Å². The van der Waals surface area contributed by atoms with Gasteiger partial charge in [0.2, 0.25) is 11.9 Å². The largest absolute Gasteiger partial charge is 0.381 e. The molecule has 0 saturated carbocycles. The molecule has 0 spiro atoms. The lowest BCUT2D eigenvalue weighted by molar-refractivity contribution is -0.138. The first-order valence-electron chi connectivity index (χ1n) is 9.94. The van der Waals surface area contributed by atoms with Crippen LogP contribution >= 0.6 is 0 Å². The Morgan fingerprint density at radius 2 is 1.73 bits per heavy atom. The van der Waals surface area contributed by atoms with Crippen LogP contribution in [0, 0.1) is 5.92 Å². The molecule has 26 heavy (non-hydrogen) atoms. The van der Waals surface area contributed by atoms with Gasteiger partial charge >= 0.3 is 0 Å². The average Bonchev–Trinajstić information content (AvgIpc) is 2.75. The predicted octanol–water partition coefficient (Wildman–Crippen LogP) is 1.02. The second-order valence-electron chi connectivity index (χ2n) is 7.54. The molecular formula is C19H29N5O2. The first kappa shape index (κ1) is 17.7. The van der Waals surface area contributed by atoms with Crippen LogP contribution in [0.1, 0.15) is 25.7 Å². The summed E-state index contributed by atoms with van der Waals surface area (Å²) >= 11 is 0. The van der Waals surface area contributed by atoms with Crippen molar-refractivity contribution in [2.45, 2.75) is 31.7 Å². The van der Waals surface area contributed by atoms with Crippen molar-refractivity contribution in [2.75, 3.05) is 57.4 Å². The molecule has 1 amide bonds. The van der Waals surface area contributed by atoms with Gasteiger partial charge in [-0.2, -0.15) is 0 Å². The van der Waals surface area contributed by atoms with Gasteiger partial charge in [0.25, 0.3) is 0 Å². The molecule has 0 unspecified atom stereocenters. The second kappa shape index (κ2) is 8.31. The quantitative estimate of drug-likeness (QED) is 0.803. The van der Waals surface area contributed by atoms with Crippen molar-refractivity contribution >= 4 is 11.9 Å². The molecule has 3 aliphatic rings. The molecule has 3 fully saturated rings. The summed E-state index contributed by atoms with van der Waals surface area (Å²) in [6, 6.07) is 2.43. The van der Waals surface area contributed by atoms with Crippen molar-refractivity contribution in [1.82, 2.24) is 19.8 Å². The fraction of sp³-hybridized carbons (Fsp3) is 0.737. The zero-order valence-corrected chi connectivity index (χ0v) is 15.4. The highest BCUT2D eigenvalue weighted by atomic mass is 16.5. The minimum absolute atomic E-state index is 0.158. The van der Waals surface area contributed by atoms with Crippen LogP contribution in [0.25, 0.3) is 0 Å². The van der Waals surface area contributed by atoms with Crippen LogP contribution in [-0.4, -0.2) is 84.2 Å². The zero-order valence-electron chi connectivity index (χ0n) is 15.4. The van der Waals surface area contributed by atoms with Crippen molar-refractivity contribution < 1.29 is 9.53 Å². The molecule has 142 valence electrons. The van der Waals surface area contributed by atoms with Gasteiger partial charge in [0, 0.05) is 64.4 Å². The minimum atomic E-state index is 0.158. The number of piperazine rings is 1. The molecule has 7 heteroatoms. The number of hydrogen-bond acceptors (Lipinski definition) is 6. The second-order valence-corrected chi connectivity index (χ2v) is 7.54. The number of ether oxygens (including phenoxy) is 1. The molecule has 3 aliphatic heterocycles. The van der Waals surface area contributed by atoms with Gasteiger partial charge in [-0.15, -0.1) is 0 Å². The summed E-state index contributed by atoms with van der Waals surface area (Å²) in [4.78, 5) is 28.4. The Balaban J connectivity index is 1.30. The van der Waals surface area contributed by atoms with Crippen LogP contribution in [0.3, 0.4) is 0 Å². The molecule has 1 atom stereocenters. The SMILES string of the molecule is O=C([C@H]1CCCN(C2CCOCC2)C1)N1CCN(c2ncccn2)CC1. The fourth-order valence-electron chi connectivity index (χ4n) is 4.43. The van der Waals surface area contributed by atoms with Gasteiger partial charge in [0.15, 0.2) is 0 Å². The number of hydrogen-bond donors (Lipinski definition) is 0. The normalized spacial score (nSPS) is 26.1.